The predicted molar refractivity (Wildman–Crippen MR) is 34.0 cm³/mol. The molecule has 0 aromatic heterocycles. The van der Waals surface area contributed by atoms with Crippen molar-refractivity contribution in [3.8, 4) is 0 Å². The Morgan fingerprint density at radius 2 is 2.40 bits per heavy atom. The minimum absolute atomic E-state index is 0.215. The Kier molecular flexibility index (Phi) is 2.18. The smallest absolute Gasteiger partial charge is 0.0992 e. The van der Waals surface area contributed by atoms with Gasteiger partial charge < -0.3 is 10.2 Å². The Morgan fingerprint density at radius 3 is 2.80 bits per heavy atom. The predicted octanol–water partition coefficient (Wildman–Crippen LogP) is -0.905. The second-order valence-electron chi connectivity index (χ2n) is 2.35. The molecule has 2 atom stereocenters. The molecule has 0 aromatic carbocycles. The van der Waals surface area contributed by atoms with Crippen LogP contribution < -0.4 is 0 Å². The van der Waals surface area contributed by atoms with Gasteiger partial charge in [0.2, 0.25) is 0 Å². The van der Waals surface area contributed by atoms with Gasteiger partial charge in [-0.3, -0.25) is 5.01 Å². The minimum Gasteiger partial charge on any atom is -0.394 e. The summed E-state index contributed by atoms with van der Waals surface area (Å²) in [5, 5.41) is 21.6. The summed E-state index contributed by atoms with van der Waals surface area (Å²) in [7, 11) is 0. The molecule has 1 aliphatic rings. The molecule has 1 heterocycles. The van der Waals surface area contributed by atoms with E-state index in [1.165, 1.54) is 5.01 Å². The van der Waals surface area contributed by atoms with Gasteiger partial charge in [0.15, 0.2) is 0 Å². The molecule has 0 bridgehead atoms. The van der Waals surface area contributed by atoms with Gasteiger partial charge in [-0.05, 0) is 6.42 Å². The zero-order valence-electron chi connectivity index (χ0n) is 5.47. The number of aliphatic hydroxyl groups is 2. The van der Waals surface area contributed by atoms with Crippen molar-refractivity contribution in [2.45, 2.75) is 18.6 Å². The number of rotatable bonds is 2. The van der Waals surface area contributed by atoms with Gasteiger partial charge in [0.25, 0.3) is 0 Å². The highest BCUT2D eigenvalue weighted by Gasteiger charge is 2.32. The lowest BCUT2D eigenvalue weighted by atomic mass is 10.2. The maximum atomic E-state index is 9.98. The zero-order valence-corrected chi connectivity index (χ0v) is 5.47. The van der Waals surface area contributed by atoms with Crippen LogP contribution >= 0.6 is 0 Å². The molecule has 1 saturated heterocycles. The summed E-state index contributed by atoms with van der Waals surface area (Å²) in [5.74, 6) is 0. The minimum atomic E-state index is -0.609. The van der Waals surface area contributed by atoms with E-state index in [-0.39, 0.29) is 6.61 Å². The normalized spacial score (nSPS) is 32.8. The first-order valence-corrected chi connectivity index (χ1v) is 3.18. The molecular formula is C5H10N2O3. The average molecular weight is 146 g/mol. The first-order valence-electron chi connectivity index (χ1n) is 3.18. The monoisotopic (exact) mass is 146 g/mol. The Hall–Kier alpha value is -0.680. The van der Waals surface area contributed by atoms with Crippen LogP contribution in [0.2, 0.25) is 0 Å². The third-order valence-electron chi connectivity index (χ3n) is 1.77. The van der Waals surface area contributed by atoms with Gasteiger partial charge in [0, 0.05) is 6.54 Å². The van der Waals surface area contributed by atoms with Crippen molar-refractivity contribution in [2.75, 3.05) is 13.2 Å². The van der Waals surface area contributed by atoms with Crippen molar-refractivity contribution in [2.24, 2.45) is 5.29 Å². The van der Waals surface area contributed by atoms with E-state index in [2.05, 4.69) is 5.29 Å². The summed E-state index contributed by atoms with van der Waals surface area (Å²) in [6.45, 7) is 0.225. The Balaban J connectivity index is 2.53. The molecule has 0 aromatic rings. The van der Waals surface area contributed by atoms with E-state index in [0.29, 0.717) is 13.0 Å². The molecule has 0 amide bonds. The average Bonchev–Trinajstić information content (AvgIpc) is 2.30. The maximum absolute atomic E-state index is 9.98. The quantitative estimate of drug-likeness (QED) is 0.495. The zero-order chi connectivity index (χ0) is 7.56. The van der Waals surface area contributed by atoms with Crippen LogP contribution in [0.1, 0.15) is 6.42 Å². The highest BCUT2D eigenvalue weighted by atomic mass is 16.3. The lowest BCUT2D eigenvalue weighted by Gasteiger charge is -2.16. The van der Waals surface area contributed by atoms with Crippen molar-refractivity contribution >= 4 is 0 Å². The molecule has 0 unspecified atom stereocenters. The second kappa shape index (κ2) is 2.94. The highest BCUT2D eigenvalue weighted by molar-refractivity contribution is 4.83. The highest BCUT2D eigenvalue weighted by Crippen LogP contribution is 2.16. The van der Waals surface area contributed by atoms with Crippen LogP contribution in [0, 0.1) is 4.91 Å². The van der Waals surface area contributed by atoms with Crippen LogP contribution in [-0.2, 0) is 0 Å². The molecule has 1 aliphatic heterocycles. The molecule has 0 saturated carbocycles. The van der Waals surface area contributed by atoms with Crippen LogP contribution in [0.5, 0.6) is 0 Å². The Bertz CT molecular complexity index is 130. The van der Waals surface area contributed by atoms with E-state index >= 15 is 0 Å². The molecule has 1 rings (SSSR count). The first-order chi connectivity index (χ1) is 4.79. The largest absolute Gasteiger partial charge is 0.394 e. The lowest BCUT2D eigenvalue weighted by Crippen LogP contribution is -2.34. The molecule has 5 nitrogen and oxygen atoms in total. The van der Waals surface area contributed by atoms with Gasteiger partial charge in [0.05, 0.1) is 24.0 Å². The van der Waals surface area contributed by atoms with Gasteiger partial charge in [-0.15, -0.1) is 4.91 Å². The molecule has 0 aliphatic carbocycles. The first kappa shape index (κ1) is 7.43. The van der Waals surface area contributed by atoms with Crippen molar-refractivity contribution in [3.63, 3.8) is 0 Å². The van der Waals surface area contributed by atoms with Gasteiger partial charge in [-0.1, -0.05) is 0 Å². The van der Waals surface area contributed by atoms with E-state index in [1.807, 2.05) is 0 Å². The maximum Gasteiger partial charge on any atom is 0.0992 e. The van der Waals surface area contributed by atoms with Crippen LogP contribution in [-0.4, -0.2) is 40.5 Å². The second-order valence-corrected chi connectivity index (χ2v) is 2.35. The van der Waals surface area contributed by atoms with Crippen LogP contribution in [0.3, 0.4) is 0 Å². The summed E-state index contributed by atoms with van der Waals surface area (Å²) in [4.78, 5) is 9.98. The molecule has 0 spiro atoms. The number of hydrogen-bond donors (Lipinski definition) is 2. The molecular weight excluding hydrogens is 136 g/mol. The van der Waals surface area contributed by atoms with Gasteiger partial charge in [-0.25, -0.2) is 0 Å². The number of nitroso groups, excluding NO2 is 1. The Labute approximate surface area is 58.2 Å². The standard InChI is InChI=1S/C5H10N2O3/c8-3-4-5(9)1-2-7(4)6-10/h4-5,8-9H,1-3H2/t4-,5+/m1/s1. The van der Waals surface area contributed by atoms with E-state index < -0.39 is 12.1 Å². The lowest BCUT2D eigenvalue weighted by molar-refractivity contribution is 0.0721. The van der Waals surface area contributed by atoms with Crippen LogP contribution in [0.15, 0.2) is 5.29 Å². The van der Waals surface area contributed by atoms with Gasteiger partial charge in [0.1, 0.15) is 0 Å². The van der Waals surface area contributed by atoms with Crippen LogP contribution in [0.4, 0.5) is 0 Å². The SMILES string of the molecule is O=NN1CC[C@H](O)[C@H]1CO. The van der Waals surface area contributed by atoms with Crippen molar-refractivity contribution in [1.29, 1.82) is 0 Å². The molecule has 0 radical (unpaired) electrons. The molecule has 10 heavy (non-hydrogen) atoms. The van der Waals surface area contributed by atoms with E-state index in [0.717, 1.165) is 0 Å². The third kappa shape index (κ3) is 1.10. The summed E-state index contributed by atoms with van der Waals surface area (Å²) in [6.07, 6.45) is -0.0977. The Morgan fingerprint density at radius 1 is 1.70 bits per heavy atom. The fourth-order valence-corrected chi connectivity index (χ4v) is 1.14. The summed E-state index contributed by atoms with van der Waals surface area (Å²) in [5.41, 5.74) is 0. The van der Waals surface area contributed by atoms with Crippen molar-refractivity contribution in [3.05, 3.63) is 4.91 Å². The van der Waals surface area contributed by atoms with Crippen molar-refractivity contribution < 1.29 is 10.2 Å². The van der Waals surface area contributed by atoms with Gasteiger partial charge >= 0.3 is 0 Å². The summed E-state index contributed by atoms with van der Waals surface area (Å²) >= 11 is 0. The fraction of sp³-hybridized carbons (Fsp3) is 1.00. The molecule has 5 heteroatoms. The fourth-order valence-electron chi connectivity index (χ4n) is 1.14. The van der Waals surface area contributed by atoms with Gasteiger partial charge in [-0.2, -0.15) is 0 Å². The molecule has 58 valence electrons. The topological polar surface area (TPSA) is 73.1 Å². The molecule has 1 fully saturated rings. The summed E-state index contributed by atoms with van der Waals surface area (Å²) in [6, 6.07) is -0.488. The number of hydrogen-bond acceptors (Lipinski definition) is 4. The van der Waals surface area contributed by atoms with E-state index in [1.54, 1.807) is 0 Å². The van der Waals surface area contributed by atoms with Crippen LogP contribution in [0.25, 0.3) is 0 Å². The molecule has 2 N–H and O–H groups in total. The number of aliphatic hydroxyl groups excluding tert-OH is 2. The third-order valence-corrected chi connectivity index (χ3v) is 1.77. The van der Waals surface area contributed by atoms with Crippen molar-refractivity contribution in [1.82, 2.24) is 5.01 Å². The van der Waals surface area contributed by atoms with E-state index in [9.17, 15) is 4.91 Å². The summed E-state index contributed by atoms with van der Waals surface area (Å²) < 4.78 is 0. The van der Waals surface area contributed by atoms with E-state index in [4.69, 9.17) is 10.2 Å². The number of nitrogens with zero attached hydrogens (tertiary/aromatic N) is 2.